The quantitative estimate of drug-likeness (QED) is 0.133. The first-order chi connectivity index (χ1) is 22.6. The van der Waals surface area contributed by atoms with E-state index in [0.717, 1.165) is 11.1 Å². The molecular weight excluding hydrogens is 627 g/mol. The molecule has 0 atom stereocenters. The molecule has 0 spiro atoms. The molecule has 252 valence electrons. The van der Waals surface area contributed by atoms with E-state index in [4.69, 9.17) is 10.5 Å². The lowest BCUT2D eigenvalue weighted by atomic mass is 9.82. The monoisotopic (exact) mass is 669 g/mol. The van der Waals surface area contributed by atoms with Crippen molar-refractivity contribution in [3.8, 4) is 11.5 Å². The second-order valence-electron chi connectivity index (χ2n) is 13.3. The van der Waals surface area contributed by atoms with Gasteiger partial charge in [0.2, 0.25) is 10.0 Å². The molecule has 0 saturated heterocycles. The van der Waals surface area contributed by atoms with Crippen LogP contribution in [0.4, 0.5) is 17.1 Å². The number of nitrogens with two attached hydrogens (primary N) is 1. The molecular formula is C38H43N3O6S. The highest BCUT2D eigenvalue weighted by Crippen LogP contribution is 2.44. The van der Waals surface area contributed by atoms with Crippen molar-refractivity contribution in [2.24, 2.45) is 0 Å². The van der Waals surface area contributed by atoms with E-state index in [9.17, 15) is 23.1 Å². The minimum atomic E-state index is -4.00. The molecule has 0 aliphatic heterocycles. The number of nitrogen functional groups attached to an aromatic ring is 1. The maximum absolute atomic E-state index is 14.1. The van der Waals surface area contributed by atoms with Crippen LogP contribution >= 0.6 is 0 Å². The van der Waals surface area contributed by atoms with Gasteiger partial charge in [0, 0.05) is 36.0 Å². The highest BCUT2D eigenvalue weighted by atomic mass is 32.2. The van der Waals surface area contributed by atoms with E-state index < -0.39 is 15.8 Å². The van der Waals surface area contributed by atoms with Crippen molar-refractivity contribution in [3.63, 3.8) is 0 Å². The zero-order chi connectivity index (χ0) is 35.1. The van der Waals surface area contributed by atoms with Crippen LogP contribution in [0.1, 0.15) is 88.2 Å². The smallest absolute Gasteiger partial charge is 0.243 e. The zero-order valence-electron chi connectivity index (χ0n) is 28.5. The fourth-order valence-electron chi connectivity index (χ4n) is 6.36. The lowest BCUT2D eigenvalue weighted by Gasteiger charge is -2.27. The molecule has 0 fully saturated rings. The van der Waals surface area contributed by atoms with Gasteiger partial charge in [-0.1, -0.05) is 70.2 Å². The summed E-state index contributed by atoms with van der Waals surface area (Å²) in [6, 6.07) is 17.5. The fraction of sp³-hybridized carbons (Fsp3) is 0.316. The summed E-state index contributed by atoms with van der Waals surface area (Å²) in [6.07, 6.45) is 0.575. The van der Waals surface area contributed by atoms with Crippen molar-refractivity contribution in [1.29, 1.82) is 0 Å². The molecule has 1 aliphatic rings. The normalized spacial score (nSPS) is 13.0. The molecule has 0 aromatic heterocycles. The number of nitrogens with one attached hydrogen (secondary N) is 1. The van der Waals surface area contributed by atoms with E-state index in [1.807, 2.05) is 38.1 Å². The number of nitrogens with zero attached hydrogens (tertiary/aromatic N) is 1. The number of hydrogen-bond acceptors (Lipinski definition) is 8. The summed E-state index contributed by atoms with van der Waals surface area (Å²) < 4.78 is 35.5. The number of carbonyl (C=O) groups excluding carboxylic acids is 2. The van der Waals surface area contributed by atoms with Crippen molar-refractivity contribution < 1.29 is 27.9 Å². The second kappa shape index (κ2) is 13.2. The predicted molar refractivity (Wildman–Crippen MR) is 189 cm³/mol. The van der Waals surface area contributed by atoms with E-state index >= 15 is 0 Å². The number of fused-ring (bicyclic) bond motifs is 2. The molecule has 0 heterocycles. The van der Waals surface area contributed by atoms with Crippen LogP contribution in [-0.4, -0.2) is 49.1 Å². The van der Waals surface area contributed by atoms with Crippen molar-refractivity contribution in [1.82, 2.24) is 4.31 Å². The van der Waals surface area contributed by atoms with Crippen molar-refractivity contribution >= 4 is 38.7 Å². The van der Waals surface area contributed by atoms with Crippen LogP contribution in [0.5, 0.6) is 11.5 Å². The van der Waals surface area contributed by atoms with Gasteiger partial charge in [0.15, 0.2) is 17.3 Å². The largest absolute Gasteiger partial charge is 0.455 e. The zero-order valence-corrected chi connectivity index (χ0v) is 29.3. The van der Waals surface area contributed by atoms with Crippen molar-refractivity contribution in [3.05, 3.63) is 105 Å². The SMILES string of the molecule is CCCN(CCO)S(=O)(=O)c1c(C)cc(C)c(Nc2cc(Oc3ccc(C(C)(C)C)cc3)c(N)c3c2C(=O)c2ccccc2C3=O)c1C. The van der Waals surface area contributed by atoms with Gasteiger partial charge in [-0.05, 0) is 67.0 Å². The van der Waals surface area contributed by atoms with E-state index in [-0.39, 0.29) is 75.2 Å². The highest BCUT2D eigenvalue weighted by molar-refractivity contribution is 7.89. The average molecular weight is 670 g/mol. The molecule has 10 heteroatoms. The summed E-state index contributed by atoms with van der Waals surface area (Å²) in [6.45, 7) is 13.4. The summed E-state index contributed by atoms with van der Waals surface area (Å²) in [4.78, 5) is 28.2. The number of aryl methyl sites for hydroxylation is 2. The second-order valence-corrected chi connectivity index (χ2v) is 15.1. The van der Waals surface area contributed by atoms with E-state index in [1.165, 1.54) is 4.31 Å². The minimum absolute atomic E-state index is 0.0253. The van der Waals surface area contributed by atoms with Gasteiger partial charge in [-0.2, -0.15) is 4.31 Å². The highest BCUT2D eigenvalue weighted by Gasteiger charge is 2.36. The van der Waals surface area contributed by atoms with Crippen LogP contribution in [0.15, 0.2) is 65.6 Å². The number of sulfonamides is 1. The summed E-state index contributed by atoms with van der Waals surface area (Å²) >= 11 is 0. The first kappa shape index (κ1) is 34.8. The Kier molecular flexibility index (Phi) is 9.56. The van der Waals surface area contributed by atoms with Gasteiger partial charge >= 0.3 is 0 Å². The van der Waals surface area contributed by atoms with Crippen LogP contribution in [0.3, 0.4) is 0 Å². The van der Waals surface area contributed by atoms with Gasteiger partial charge < -0.3 is 20.9 Å². The standard InChI is InChI=1S/C38H43N3O6S/c1-8-17-41(18-19-42)48(45,46)37-23(3)20-22(2)34(24(37)4)40-29-21-30(47-26-15-13-25(14-16-26)38(5,6)7)33(39)32-31(29)35(43)27-11-9-10-12-28(27)36(32)44/h9-16,20-21,40,42H,8,17-19,39H2,1-7H3. The fourth-order valence-corrected chi connectivity index (χ4v) is 8.32. The van der Waals surface area contributed by atoms with E-state index in [0.29, 0.717) is 29.0 Å². The number of carbonyl (C=O) groups is 2. The summed E-state index contributed by atoms with van der Waals surface area (Å²) in [7, 11) is -4.00. The Labute approximate surface area is 282 Å². The maximum Gasteiger partial charge on any atom is 0.243 e. The predicted octanol–water partition coefficient (Wildman–Crippen LogP) is 7.20. The lowest BCUT2D eigenvalue weighted by molar-refractivity contribution is 0.0980. The summed E-state index contributed by atoms with van der Waals surface area (Å²) in [5, 5.41) is 13.0. The summed E-state index contributed by atoms with van der Waals surface area (Å²) in [5.41, 5.74) is 10.8. The third-order valence-electron chi connectivity index (χ3n) is 8.73. The number of ketones is 2. The molecule has 0 unspecified atom stereocenters. The Morgan fingerprint density at radius 3 is 2.04 bits per heavy atom. The lowest BCUT2D eigenvalue weighted by Crippen LogP contribution is -2.35. The Hall–Kier alpha value is -4.51. The number of rotatable bonds is 10. The summed E-state index contributed by atoms with van der Waals surface area (Å²) in [5.74, 6) is -0.129. The van der Waals surface area contributed by atoms with Crippen LogP contribution in [0.25, 0.3) is 0 Å². The van der Waals surface area contributed by atoms with Crippen molar-refractivity contribution in [2.75, 3.05) is 30.7 Å². The van der Waals surface area contributed by atoms with Crippen LogP contribution in [-0.2, 0) is 15.4 Å². The van der Waals surface area contributed by atoms with Crippen LogP contribution in [0.2, 0.25) is 0 Å². The molecule has 9 nitrogen and oxygen atoms in total. The molecule has 5 rings (SSSR count). The third kappa shape index (κ3) is 6.23. The van der Waals surface area contributed by atoms with Gasteiger partial charge in [0.25, 0.3) is 0 Å². The first-order valence-electron chi connectivity index (χ1n) is 16.0. The Morgan fingerprint density at radius 1 is 0.875 bits per heavy atom. The maximum atomic E-state index is 14.1. The minimum Gasteiger partial charge on any atom is -0.455 e. The molecule has 4 N–H and O–H groups in total. The van der Waals surface area contributed by atoms with Gasteiger partial charge in [-0.3, -0.25) is 9.59 Å². The topological polar surface area (TPSA) is 139 Å². The number of aliphatic hydroxyl groups is 1. The molecule has 0 radical (unpaired) electrons. The average Bonchev–Trinajstić information content (AvgIpc) is 3.02. The Balaban J connectivity index is 1.70. The van der Waals surface area contributed by atoms with Gasteiger partial charge in [-0.15, -0.1) is 0 Å². The number of aliphatic hydroxyl groups excluding tert-OH is 1. The number of benzene rings is 4. The Morgan fingerprint density at radius 2 is 1.48 bits per heavy atom. The van der Waals surface area contributed by atoms with Crippen molar-refractivity contribution in [2.45, 2.75) is 65.2 Å². The molecule has 0 bridgehead atoms. The van der Waals surface area contributed by atoms with Gasteiger partial charge in [-0.25, -0.2) is 8.42 Å². The number of anilines is 3. The Bertz CT molecular complexity index is 2020. The first-order valence-corrected chi connectivity index (χ1v) is 17.5. The van der Waals surface area contributed by atoms with E-state index in [2.05, 4.69) is 26.1 Å². The molecule has 0 amide bonds. The van der Waals surface area contributed by atoms with Gasteiger partial charge in [0.1, 0.15) is 5.75 Å². The molecule has 48 heavy (non-hydrogen) atoms. The number of ether oxygens (including phenoxy) is 1. The molecule has 1 aliphatic carbocycles. The molecule has 0 saturated carbocycles. The third-order valence-corrected chi connectivity index (χ3v) is 10.9. The molecule has 4 aromatic rings. The van der Waals surface area contributed by atoms with Gasteiger partial charge in [0.05, 0.1) is 34.0 Å². The number of hydrogen-bond donors (Lipinski definition) is 3. The van der Waals surface area contributed by atoms with Crippen LogP contribution < -0.4 is 15.8 Å². The van der Waals surface area contributed by atoms with E-state index in [1.54, 1.807) is 50.2 Å². The molecule has 4 aromatic carbocycles. The van der Waals surface area contributed by atoms with Crippen LogP contribution in [0, 0.1) is 20.8 Å².